The zero-order valence-electron chi connectivity index (χ0n) is 42.3. The lowest BCUT2D eigenvalue weighted by atomic mass is 9.72. The monoisotopic (exact) mass is 1030 g/mol. The van der Waals surface area contributed by atoms with E-state index in [1.165, 1.54) is 40.9 Å². The molecule has 2 aliphatic carbocycles. The first-order valence-corrected chi connectivity index (χ1v) is 27.3. The summed E-state index contributed by atoms with van der Waals surface area (Å²) in [4.78, 5) is 73.9. The number of hydrazine groups is 1. The van der Waals surface area contributed by atoms with E-state index in [-0.39, 0.29) is 54.5 Å². The van der Waals surface area contributed by atoms with Gasteiger partial charge in [-0.05, 0) is 107 Å². The van der Waals surface area contributed by atoms with Crippen molar-refractivity contribution in [2.45, 2.75) is 147 Å². The molecule has 2 N–H and O–H groups in total. The lowest BCUT2D eigenvalue weighted by Crippen LogP contribution is -2.68. The third-order valence-electron chi connectivity index (χ3n) is 16.7. The number of piperidine rings is 1. The summed E-state index contributed by atoms with van der Waals surface area (Å²) in [5, 5.41) is 7.80. The summed E-state index contributed by atoms with van der Waals surface area (Å²) in [5.41, 5.74) is 5.97. The van der Waals surface area contributed by atoms with Gasteiger partial charge in [0.1, 0.15) is 24.7 Å². The molecule has 6 bridgehead atoms. The van der Waals surface area contributed by atoms with Gasteiger partial charge in [-0.15, -0.1) is 11.3 Å². The van der Waals surface area contributed by atoms with E-state index >= 15 is 4.79 Å². The van der Waals surface area contributed by atoms with Crippen molar-refractivity contribution in [3.8, 4) is 22.5 Å². The van der Waals surface area contributed by atoms with Gasteiger partial charge < -0.3 is 24.3 Å². The molecule has 1 unspecified atom stereocenters. The second-order valence-electron chi connectivity index (χ2n) is 22.9. The molecule has 392 valence electrons. The van der Waals surface area contributed by atoms with E-state index in [1.807, 2.05) is 37.1 Å². The van der Waals surface area contributed by atoms with Crippen molar-refractivity contribution in [2.24, 2.45) is 16.7 Å². The van der Waals surface area contributed by atoms with Crippen LogP contribution in [0.3, 0.4) is 0 Å². The Hall–Kier alpha value is -4.95. The van der Waals surface area contributed by atoms with Crippen molar-refractivity contribution in [3.05, 3.63) is 58.2 Å². The third kappa shape index (κ3) is 10.3. The van der Waals surface area contributed by atoms with Crippen molar-refractivity contribution in [3.63, 3.8) is 0 Å². The van der Waals surface area contributed by atoms with E-state index in [0.717, 1.165) is 51.6 Å². The van der Waals surface area contributed by atoms with Gasteiger partial charge in [-0.2, -0.15) is 13.2 Å². The number of hydrogen-bond acceptors (Lipinski definition) is 12. The van der Waals surface area contributed by atoms with Crippen molar-refractivity contribution in [2.75, 3.05) is 53.0 Å². The Bertz CT molecular complexity index is 2760. The fourth-order valence-corrected chi connectivity index (χ4v) is 13.7. The molecule has 5 aliphatic heterocycles. The summed E-state index contributed by atoms with van der Waals surface area (Å²) in [7, 11) is 1.54. The number of pyridine rings is 1. The van der Waals surface area contributed by atoms with Gasteiger partial charge in [0.25, 0.3) is 5.91 Å². The highest BCUT2D eigenvalue weighted by Gasteiger charge is 2.56. The molecule has 6 atom stereocenters. The number of halogens is 3. The van der Waals surface area contributed by atoms with Crippen molar-refractivity contribution in [1.82, 2.24) is 45.0 Å². The molecule has 2 saturated carbocycles. The Balaban J connectivity index is 0.926. The zero-order valence-corrected chi connectivity index (χ0v) is 43.2. The number of nitrogens with one attached hydrogen (secondary N) is 2. The molecule has 3 amide bonds. The molecule has 7 aliphatic rings. The van der Waals surface area contributed by atoms with Crippen molar-refractivity contribution >= 4 is 45.9 Å². The van der Waals surface area contributed by atoms with Crippen LogP contribution in [0.2, 0.25) is 0 Å². The molecule has 3 aromatic heterocycles. The van der Waals surface area contributed by atoms with E-state index in [4.69, 9.17) is 14.5 Å². The lowest BCUT2D eigenvalue weighted by Gasteiger charge is -2.56. The minimum atomic E-state index is -4.57. The number of hydrogen-bond donors (Lipinski definition) is 2. The van der Waals surface area contributed by atoms with E-state index in [2.05, 4.69) is 25.5 Å². The number of benzene rings is 1. The van der Waals surface area contributed by atoms with Crippen LogP contribution < -0.4 is 10.7 Å². The molecule has 1 spiro atoms. The predicted octanol–water partition coefficient (Wildman–Crippen LogP) is 7.07. The Morgan fingerprint density at radius 3 is 2.58 bits per heavy atom. The number of methoxy groups -OCH3 is 1. The van der Waals surface area contributed by atoms with Crippen LogP contribution in [-0.4, -0.2) is 147 Å². The average Bonchev–Trinajstić information content (AvgIpc) is 4.24. The molecular weight excluding hydrogens is 960 g/mol. The van der Waals surface area contributed by atoms with E-state index in [1.54, 1.807) is 30.5 Å². The van der Waals surface area contributed by atoms with Crippen LogP contribution in [-0.2, 0) is 48.0 Å². The van der Waals surface area contributed by atoms with E-state index in [9.17, 15) is 27.6 Å². The van der Waals surface area contributed by atoms with Gasteiger partial charge in [0.2, 0.25) is 11.8 Å². The number of thiazole rings is 1. The van der Waals surface area contributed by atoms with Gasteiger partial charge in [0, 0.05) is 96.7 Å². The third-order valence-corrected chi connectivity index (χ3v) is 17.6. The summed E-state index contributed by atoms with van der Waals surface area (Å²) in [6.07, 6.45) is 5.93. The first kappa shape index (κ1) is 50.2. The maximum Gasteiger partial charge on any atom is 0.406 e. The molecule has 19 heteroatoms. The van der Waals surface area contributed by atoms with Crippen LogP contribution in [0.15, 0.2) is 41.9 Å². The number of carbonyl (C=O) groups excluding carboxylic acids is 4. The Morgan fingerprint density at radius 2 is 1.82 bits per heavy atom. The molecule has 73 heavy (non-hydrogen) atoms. The first-order valence-electron chi connectivity index (χ1n) is 26.4. The summed E-state index contributed by atoms with van der Waals surface area (Å²) in [5.74, 6) is -0.762. The molecular formula is C54H68F3N9O6S. The standard InChI is InChI=1S/C54H68F3N9O6S/c1-32(71-4)45-36(12-7-19-58-45)47-38-24-52(2,3)31-72-51(70)39-13-8-21-66(61-39)49(68)40(23-44-59-41(26-73-44)34-14-17-42(37(38)22-34)65(47)30-54(55,56)57)60-48(67)46(33-10-5-6-11-33)62-20-9-18-53(27-62)28-63(29-53)50(69)43-25-64(43)35-15-16-35/h7,12,14,17,19,22,26,32-33,35,39-40,43,46,61H,5-6,8-11,13,15-16,18,20-21,23-25,27-31H2,1-4H3,(H,60,67)/t32-,39-,40-,43+,46-,64?/m0/s1. The van der Waals surface area contributed by atoms with Crippen LogP contribution in [0.5, 0.6) is 0 Å². The number of aromatic nitrogens is 3. The first-order chi connectivity index (χ1) is 35.0. The molecule has 1 aromatic carbocycles. The van der Waals surface area contributed by atoms with Crippen LogP contribution in [0.4, 0.5) is 13.2 Å². The number of nitrogens with zero attached hydrogens (tertiary/aromatic N) is 7. The zero-order chi connectivity index (χ0) is 51.0. The number of rotatable bonds is 10. The fourth-order valence-electron chi connectivity index (χ4n) is 12.8. The number of likely N-dealkylation sites (tertiary alicyclic amines) is 2. The van der Waals surface area contributed by atoms with Gasteiger partial charge in [-0.3, -0.25) is 39.0 Å². The van der Waals surface area contributed by atoms with Crippen molar-refractivity contribution in [1.29, 1.82) is 0 Å². The lowest BCUT2D eigenvalue weighted by molar-refractivity contribution is -0.155. The van der Waals surface area contributed by atoms with E-state index < -0.39 is 48.3 Å². The summed E-state index contributed by atoms with van der Waals surface area (Å²) in [6, 6.07) is 7.13. The normalized spacial score (nSPS) is 26.6. The second kappa shape index (κ2) is 19.6. The molecule has 6 fully saturated rings. The number of ether oxygens (including phenoxy) is 2. The highest BCUT2D eigenvalue weighted by atomic mass is 32.1. The SMILES string of the molecule is CO[C@@H](C)c1ncccc1-c1c2c3cc(ccc3n1CC(F)(F)F)-c1csc(n1)C[C@H](NC(=O)[C@H](C1CCCC1)N1CCCC3(CN(C(=O)[C@H]4CN4C4CC4)C3)C1)C(=O)N1CCC[C@H](N1)C(=O)OCC(C)(C)C2. The highest BCUT2D eigenvalue weighted by molar-refractivity contribution is 7.10. The molecule has 4 aromatic rings. The van der Waals surface area contributed by atoms with Crippen LogP contribution >= 0.6 is 11.3 Å². The largest absolute Gasteiger partial charge is 0.464 e. The maximum atomic E-state index is 15.1. The van der Waals surface area contributed by atoms with E-state index in [0.29, 0.717) is 94.7 Å². The number of alkyl halides is 3. The van der Waals surface area contributed by atoms with Gasteiger partial charge in [-0.1, -0.05) is 32.8 Å². The van der Waals surface area contributed by atoms with Gasteiger partial charge in [0.15, 0.2) is 0 Å². The van der Waals surface area contributed by atoms with Crippen LogP contribution in [0, 0.1) is 16.7 Å². The molecule has 0 radical (unpaired) electrons. The molecule has 15 nitrogen and oxygen atoms in total. The number of carbonyl (C=O) groups is 4. The molecule has 8 heterocycles. The van der Waals surface area contributed by atoms with Crippen molar-refractivity contribution < 1.29 is 41.8 Å². The predicted molar refractivity (Wildman–Crippen MR) is 269 cm³/mol. The average molecular weight is 1030 g/mol. The minimum absolute atomic E-state index is 0.0274. The van der Waals surface area contributed by atoms with Crippen LogP contribution in [0.1, 0.15) is 107 Å². The van der Waals surface area contributed by atoms with Gasteiger partial charge in [0.05, 0.1) is 40.8 Å². The Kier molecular flexibility index (Phi) is 13.5. The number of fused-ring (bicyclic) bond motifs is 6. The maximum absolute atomic E-state index is 15.1. The Morgan fingerprint density at radius 1 is 1.03 bits per heavy atom. The topological polar surface area (TPSA) is 154 Å². The smallest absolute Gasteiger partial charge is 0.406 e. The number of esters is 1. The summed E-state index contributed by atoms with van der Waals surface area (Å²) < 4.78 is 57.3. The minimum Gasteiger partial charge on any atom is -0.464 e. The highest BCUT2D eigenvalue weighted by Crippen LogP contribution is 2.46. The van der Waals surface area contributed by atoms with Gasteiger partial charge in [-0.25, -0.2) is 10.4 Å². The van der Waals surface area contributed by atoms with Crippen LogP contribution in [0.25, 0.3) is 33.4 Å². The Labute approximate surface area is 428 Å². The summed E-state index contributed by atoms with van der Waals surface area (Å²) >= 11 is 1.36. The fraction of sp³-hybridized carbons (Fsp3) is 0.630. The second-order valence-corrected chi connectivity index (χ2v) is 23.9. The quantitative estimate of drug-likeness (QED) is 0.124. The molecule has 4 saturated heterocycles. The number of amides is 3. The molecule has 11 rings (SSSR count). The summed E-state index contributed by atoms with van der Waals surface area (Å²) in [6.45, 7) is 8.42. The van der Waals surface area contributed by atoms with Gasteiger partial charge >= 0.3 is 12.1 Å². The number of cyclic esters (lactones) is 1.